The van der Waals surface area contributed by atoms with Gasteiger partial charge in [0.25, 0.3) is 0 Å². The van der Waals surface area contributed by atoms with Crippen molar-refractivity contribution in [1.29, 1.82) is 0 Å². The second kappa shape index (κ2) is 5.70. The van der Waals surface area contributed by atoms with Crippen LogP contribution in [0.4, 0.5) is 0 Å². The SMILES string of the molecule is CCCCOc1ccc2c3c(c(=O)oc2c1)CCCC3. The molecule has 0 amide bonds. The van der Waals surface area contributed by atoms with Gasteiger partial charge in [-0.25, -0.2) is 4.79 Å². The minimum atomic E-state index is -0.169. The number of hydrogen-bond donors (Lipinski definition) is 0. The molecular weight excluding hydrogens is 252 g/mol. The summed E-state index contributed by atoms with van der Waals surface area (Å²) < 4.78 is 11.1. The highest BCUT2D eigenvalue weighted by molar-refractivity contribution is 5.82. The van der Waals surface area contributed by atoms with Crippen LogP contribution in [0.3, 0.4) is 0 Å². The highest BCUT2D eigenvalue weighted by Crippen LogP contribution is 2.29. The van der Waals surface area contributed by atoms with E-state index < -0.39 is 0 Å². The Morgan fingerprint density at radius 1 is 1.20 bits per heavy atom. The van der Waals surface area contributed by atoms with E-state index in [1.54, 1.807) is 0 Å². The van der Waals surface area contributed by atoms with Crippen LogP contribution in [0.25, 0.3) is 11.0 Å². The molecule has 106 valence electrons. The maximum Gasteiger partial charge on any atom is 0.339 e. The second-order valence-corrected chi connectivity index (χ2v) is 5.41. The number of ether oxygens (including phenoxy) is 1. The maximum atomic E-state index is 12.0. The molecule has 0 saturated heterocycles. The molecule has 2 aromatic rings. The van der Waals surface area contributed by atoms with Crippen LogP contribution in [0.5, 0.6) is 5.75 Å². The Balaban J connectivity index is 2.01. The molecule has 0 radical (unpaired) electrons. The van der Waals surface area contributed by atoms with Gasteiger partial charge in [-0.3, -0.25) is 0 Å². The van der Waals surface area contributed by atoms with Gasteiger partial charge >= 0.3 is 5.63 Å². The van der Waals surface area contributed by atoms with E-state index in [2.05, 4.69) is 6.92 Å². The Labute approximate surface area is 118 Å². The molecule has 3 nitrogen and oxygen atoms in total. The molecule has 0 bridgehead atoms. The van der Waals surface area contributed by atoms with E-state index in [1.165, 1.54) is 5.56 Å². The van der Waals surface area contributed by atoms with Gasteiger partial charge in [0.05, 0.1) is 6.61 Å². The average molecular weight is 272 g/mol. The summed E-state index contributed by atoms with van der Waals surface area (Å²) in [6, 6.07) is 5.86. The van der Waals surface area contributed by atoms with Crippen molar-refractivity contribution < 1.29 is 9.15 Å². The number of unbranched alkanes of at least 4 members (excludes halogenated alkanes) is 1. The molecule has 0 atom stereocenters. The highest BCUT2D eigenvalue weighted by Gasteiger charge is 2.18. The van der Waals surface area contributed by atoms with Gasteiger partial charge in [0.1, 0.15) is 11.3 Å². The summed E-state index contributed by atoms with van der Waals surface area (Å²) in [5, 5.41) is 1.07. The molecule has 3 heteroatoms. The fourth-order valence-electron chi connectivity index (χ4n) is 2.85. The van der Waals surface area contributed by atoms with Crippen LogP contribution in [0, 0.1) is 0 Å². The van der Waals surface area contributed by atoms with Crippen molar-refractivity contribution in [2.24, 2.45) is 0 Å². The molecule has 3 rings (SSSR count). The predicted octanol–water partition coefficient (Wildman–Crippen LogP) is 3.85. The molecule has 0 fully saturated rings. The standard InChI is InChI=1S/C17H20O3/c1-2-3-10-19-12-8-9-14-13-6-4-5-7-15(13)17(18)20-16(14)11-12/h8-9,11H,2-7,10H2,1H3. The van der Waals surface area contributed by atoms with Crippen molar-refractivity contribution >= 4 is 11.0 Å². The lowest BCUT2D eigenvalue weighted by atomic mass is 9.91. The highest BCUT2D eigenvalue weighted by atomic mass is 16.5. The van der Waals surface area contributed by atoms with E-state index in [0.717, 1.165) is 55.2 Å². The van der Waals surface area contributed by atoms with E-state index in [9.17, 15) is 4.79 Å². The van der Waals surface area contributed by atoms with E-state index in [1.807, 2.05) is 18.2 Å². The van der Waals surface area contributed by atoms with Crippen LogP contribution in [0.15, 0.2) is 27.4 Å². The molecule has 20 heavy (non-hydrogen) atoms. The minimum Gasteiger partial charge on any atom is -0.493 e. The Bertz CT molecular complexity index is 670. The summed E-state index contributed by atoms with van der Waals surface area (Å²) in [6.07, 6.45) is 6.21. The predicted molar refractivity (Wildman–Crippen MR) is 79.5 cm³/mol. The Kier molecular flexibility index (Phi) is 3.77. The van der Waals surface area contributed by atoms with Crippen molar-refractivity contribution in [2.45, 2.75) is 45.4 Å². The van der Waals surface area contributed by atoms with Crippen molar-refractivity contribution in [3.63, 3.8) is 0 Å². The van der Waals surface area contributed by atoms with Gasteiger partial charge in [-0.2, -0.15) is 0 Å². The number of fused-ring (bicyclic) bond motifs is 3. The fourth-order valence-corrected chi connectivity index (χ4v) is 2.85. The molecule has 0 saturated carbocycles. The zero-order valence-electron chi connectivity index (χ0n) is 11.9. The minimum absolute atomic E-state index is 0.169. The van der Waals surface area contributed by atoms with Crippen LogP contribution >= 0.6 is 0 Å². The first-order valence-corrected chi connectivity index (χ1v) is 7.51. The van der Waals surface area contributed by atoms with Crippen LogP contribution in [-0.4, -0.2) is 6.61 Å². The van der Waals surface area contributed by atoms with Gasteiger partial charge in [-0.1, -0.05) is 13.3 Å². The molecule has 0 N–H and O–H groups in total. The summed E-state index contributed by atoms with van der Waals surface area (Å²) in [5.74, 6) is 0.782. The van der Waals surface area contributed by atoms with Crippen molar-refractivity contribution in [3.8, 4) is 5.75 Å². The van der Waals surface area contributed by atoms with Gasteiger partial charge in [0.2, 0.25) is 0 Å². The maximum absolute atomic E-state index is 12.0. The number of benzene rings is 1. The number of hydrogen-bond acceptors (Lipinski definition) is 3. The van der Waals surface area contributed by atoms with Crippen LogP contribution in [0.1, 0.15) is 43.7 Å². The Morgan fingerprint density at radius 3 is 2.80 bits per heavy atom. The monoisotopic (exact) mass is 272 g/mol. The Hall–Kier alpha value is -1.77. The molecular formula is C17H20O3. The third kappa shape index (κ3) is 2.45. The second-order valence-electron chi connectivity index (χ2n) is 5.41. The normalized spacial score (nSPS) is 14.2. The van der Waals surface area contributed by atoms with Gasteiger partial charge in [0.15, 0.2) is 0 Å². The van der Waals surface area contributed by atoms with Crippen LogP contribution < -0.4 is 10.4 Å². The number of aryl methyl sites for hydroxylation is 1. The first-order chi connectivity index (χ1) is 9.79. The third-order valence-electron chi connectivity index (χ3n) is 3.96. The summed E-state index contributed by atoms with van der Waals surface area (Å²) in [6.45, 7) is 2.84. The molecule has 1 aliphatic rings. The first kappa shape index (κ1) is 13.2. The summed E-state index contributed by atoms with van der Waals surface area (Å²) in [5.41, 5.74) is 2.55. The Morgan fingerprint density at radius 2 is 2.00 bits per heavy atom. The smallest absolute Gasteiger partial charge is 0.339 e. The first-order valence-electron chi connectivity index (χ1n) is 7.51. The number of rotatable bonds is 4. The zero-order valence-corrected chi connectivity index (χ0v) is 11.9. The van der Waals surface area contributed by atoms with Gasteiger partial charge in [-0.05, 0) is 49.8 Å². The molecule has 0 aliphatic heterocycles. The quantitative estimate of drug-likeness (QED) is 0.627. The van der Waals surface area contributed by atoms with Gasteiger partial charge in [0, 0.05) is 17.0 Å². The largest absolute Gasteiger partial charge is 0.493 e. The van der Waals surface area contributed by atoms with Crippen LogP contribution in [0.2, 0.25) is 0 Å². The third-order valence-corrected chi connectivity index (χ3v) is 3.96. The van der Waals surface area contributed by atoms with Crippen molar-refractivity contribution in [2.75, 3.05) is 6.61 Å². The molecule has 1 aliphatic carbocycles. The molecule has 1 aromatic heterocycles. The fraction of sp³-hybridized carbons (Fsp3) is 0.471. The molecule has 1 aromatic carbocycles. The van der Waals surface area contributed by atoms with E-state index in [0.29, 0.717) is 12.2 Å². The van der Waals surface area contributed by atoms with Gasteiger partial charge < -0.3 is 9.15 Å². The summed E-state index contributed by atoms with van der Waals surface area (Å²) >= 11 is 0. The molecule has 0 spiro atoms. The topological polar surface area (TPSA) is 39.4 Å². The summed E-state index contributed by atoms with van der Waals surface area (Å²) in [7, 11) is 0. The lowest BCUT2D eigenvalue weighted by Crippen LogP contribution is -2.15. The lowest BCUT2D eigenvalue weighted by molar-refractivity contribution is 0.309. The summed E-state index contributed by atoms with van der Waals surface area (Å²) in [4.78, 5) is 12.0. The lowest BCUT2D eigenvalue weighted by Gasteiger charge is -2.16. The van der Waals surface area contributed by atoms with Crippen molar-refractivity contribution in [1.82, 2.24) is 0 Å². The van der Waals surface area contributed by atoms with E-state index in [4.69, 9.17) is 9.15 Å². The van der Waals surface area contributed by atoms with Crippen molar-refractivity contribution in [3.05, 3.63) is 39.7 Å². The average Bonchev–Trinajstić information content (AvgIpc) is 2.48. The van der Waals surface area contributed by atoms with Crippen LogP contribution in [-0.2, 0) is 12.8 Å². The molecule has 1 heterocycles. The zero-order chi connectivity index (χ0) is 13.9. The van der Waals surface area contributed by atoms with Gasteiger partial charge in [-0.15, -0.1) is 0 Å². The van der Waals surface area contributed by atoms with E-state index in [-0.39, 0.29) is 5.63 Å². The van der Waals surface area contributed by atoms with E-state index >= 15 is 0 Å². The molecule has 0 unspecified atom stereocenters.